The molecule has 0 saturated heterocycles. The number of anilines is 1. The van der Waals surface area contributed by atoms with Crippen LogP contribution in [0.3, 0.4) is 0 Å². The molecule has 242 valence electrons. The zero-order chi connectivity index (χ0) is 32.9. The topological polar surface area (TPSA) is 96.0 Å². The Balaban J connectivity index is 1.78. The average Bonchev–Trinajstić information content (AvgIpc) is 3.06. The first-order valence-corrected chi connectivity index (χ1v) is 17.2. The minimum absolute atomic E-state index is 0.0382. The van der Waals surface area contributed by atoms with Gasteiger partial charge in [0.15, 0.2) is 0 Å². The highest BCUT2D eigenvalue weighted by Crippen LogP contribution is 2.27. The first-order valence-electron chi connectivity index (χ1n) is 15.4. The summed E-state index contributed by atoms with van der Waals surface area (Å²) in [5.41, 5.74) is 1.86. The van der Waals surface area contributed by atoms with E-state index in [2.05, 4.69) is 5.32 Å². The predicted molar refractivity (Wildman–Crippen MR) is 182 cm³/mol. The van der Waals surface area contributed by atoms with Gasteiger partial charge in [-0.3, -0.25) is 13.9 Å². The number of rotatable bonds is 16. The van der Waals surface area contributed by atoms with E-state index in [-0.39, 0.29) is 29.5 Å². The highest BCUT2D eigenvalue weighted by Gasteiger charge is 2.34. The number of halogens is 1. The van der Waals surface area contributed by atoms with E-state index in [0.29, 0.717) is 29.5 Å². The fraction of sp³-hybridized carbons (Fsp3) is 0.278. The van der Waals surface area contributed by atoms with E-state index in [1.54, 1.807) is 60.7 Å². The number of hydrogen-bond acceptors (Lipinski definition) is 5. The molecule has 0 spiro atoms. The molecule has 0 bridgehead atoms. The standard InChI is InChI=1S/C36H40ClN3O5S/c1-3-5-23-38-36(42)34(25-28-13-8-6-9-14-28)39(26-29-15-12-16-30(37)24-29)35(41)27-40(31-19-21-32(22-20-31)45-4-2)46(43,44)33-17-10-7-11-18-33/h6-22,24,34H,3-5,23,25-27H2,1-2H3,(H,38,42)/t34-/m1/s1. The lowest BCUT2D eigenvalue weighted by Crippen LogP contribution is -2.53. The number of carbonyl (C=O) groups excluding carboxylic acids is 2. The maximum atomic E-state index is 14.5. The second-order valence-electron chi connectivity index (χ2n) is 10.8. The highest BCUT2D eigenvalue weighted by atomic mass is 35.5. The van der Waals surface area contributed by atoms with Gasteiger partial charge in [0.25, 0.3) is 10.0 Å². The van der Waals surface area contributed by atoms with Gasteiger partial charge in [0.2, 0.25) is 11.8 Å². The Labute approximate surface area is 277 Å². The molecule has 46 heavy (non-hydrogen) atoms. The maximum Gasteiger partial charge on any atom is 0.264 e. The Kier molecular flexibility index (Phi) is 12.6. The van der Waals surface area contributed by atoms with Crippen LogP contribution >= 0.6 is 11.6 Å². The minimum atomic E-state index is -4.19. The van der Waals surface area contributed by atoms with Crippen molar-refractivity contribution in [3.05, 3.63) is 125 Å². The molecule has 8 nitrogen and oxygen atoms in total. The monoisotopic (exact) mass is 661 g/mol. The van der Waals surface area contributed by atoms with E-state index in [4.69, 9.17) is 16.3 Å². The van der Waals surface area contributed by atoms with E-state index in [1.807, 2.05) is 50.2 Å². The normalized spacial score (nSPS) is 11.8. The van der Waals surface area contributed by atoms with Crippen molar-refractivity contribution in [3.63, 3.8) is 0 Å². The summed E-state index contributed by atoms with van der Waals surface area (Å²) in [6.07, 6.45) is 1.91. The summed E-state index contributed by atoms with van der Waals surface area (Å²) in [5, 5.41) is 3.48. The van der Waals surface area contributed by atoms with Crippen molar-refractivity contribution in [2.24, 2.45) is 0 Å². The van der Waals surface area contributed by atoms with Gasteiger partial charge in [0.1, 0.15) is 18.3 Å². The summed E-state index contributed by atoms with van der Waals surface area (Å²) in [7, 11) is -4.19. The van der Waals surface area contributed by atoms with Crippen molar-refractivity contribution >= 4 is 39.1 Å². The van der Waals surface area contributed by atoms with E-state index >= 15 is 0 Å². The lowest BCUT2D eigenvalue weighted by atomic mass is 10.0. The zero-order valence-electron chi connectivity index (χ0n) is 26.1. The molecule has 4 aromatic rings. The molecule has 4 rings (SSSR count). The number of ether oxygens (including phenoxy) is 1. The van der Waals surface area contributed by atoms with Gasteiger partial charge in [0.05, 0.1) is 17.2 Å². The number of nitrogens with zero attached hydrogens (tertiary/aromatic N) is 2. The van der Waals surface area contributed by atoms with Gasteiger partial charge in [-0.15, -0.1) is 0 Å². The molecular formula is C36H40ClN3O5S. The Morgan fingerprint density at radius 3 is 2.13 bits per heavy atom. The molecule has 1 atom stereocenters. The van der Waals surface area contributed by atoms with Crippen molar-refractivity contribution in [2.75, 3.05) is 24.0 Å². The number of nitrogens with one attached hydrogen (secondary N) is 1. The van der Waals surface area contributed by atoms with Crippen LogP contribution in [0.15, 0.2) is 114 Å². The fourth-order valence-electron chi connectivity index (χ4n) is 5.02. The minimum Gasteiger partial charge on any atom is -0.494 e. The lowest BCUT2D eigenvalue weighted by molar-refractivity contribution is -0.140. The van der Waals surface area contributed by atoms with Gasteiger partial charge in [-0.05, 0) is 73.0 Å². The van der Waals surface area contributed by atoms with Crippen molar-refractivity contribution in [1.82, 2.24) is 10.2 Å². The third-order valence-corrected chi connectivity index (χ3v) is 9.41. The van der Waals surface area contributed by atoms with E-state index in [0.717, 1.165) is 22.7 Å². The average molecular weight is 662 g/mol. The van der Waals surface area contributed by atoms with Crippen LogP contribution in [0.5, 0.6) is 5.75 Å². The van der Waals surface area contributed by atoms with E-state index in [1.165, 1.54) is 17.0 Å². The number of hydrogen-bond donors (Lipinski definition) is 1. The second-order valence-corrected chi connectivity index (χ2v) is 13.1. The molecule has 0 unspecified atom stereocenters. The molecule has 2 amide bonds. The van der Waals surface area contributed by atoms with Gasteiger partial charge in [0, 0.05) is 24.5 Å². The van der Waals surface area contributed by atoms with Crippen LogP contribution in [0.1, 0.15) is 37.8 Å². The van der Waals surface area contributed by atoms with Gasteiger partial charge < -0.3 is 15.0 Å². The summed E-state index contributed by atoms with van der Waals surface area (Å²) in [4.78, 5) is 29.8. The summed E-state index contributed by atoms with van der Waals surface area (Å²) in [6, 6.07) is 30.1. The molecule has 0 aliphatic rings. The SMILES string of the molecule is CCCCNC(=O)[C@@H](Cc1ccccc1)N(Cc1cccc(Cl)c1)C(=O)CN(c1ccc(OCC)cc1)S(=O)(=O)c1ccccc1. The summed E-state index contributed by atoms with van der Waals surface area (Å²) < 4.78 is 34.8. The van der Waals surface area contributed by atoms with Gasteiger partial charge >= 0.3 is 0 Å². The van der Waals surface area contributed by atoms with Crippen LogP contribution in [-0.4, -0.2) is 50.9 Å². The summed E-state index contributed by atoms with van der Waals surface area (Å²) in [5.74, 6) is -0.282. The van der Waals surface area contributed by atoms with Gasteiger partial charge in [-0.25, -0.2) is 8.42 Å². The number of unbranched alkanes of at least 4 members (excludes halogenated alkanes) is 1. The molecule has 0 saturated carbocycles. The van der Waals surface area contributed by atoms with Crippen LogP contribution in [0.4, 0.5) is 5.69 Å². The summed E-state index contributed by atoms with van der Waals surface area (Å²) in [6.45, 7) is 4.30. The fourth-order valence-corrected chi connectivity index (χ4v) is 6.66. The molecule has 0 aromatic heterocycles. The Morgan fingerprint density at radius 2 is 1.50 bits per heavy atom. The molecule has 0 radical (unpaired) electrons. The van der Waals surface area contributed by atoms with Crippen molar-refractivity contribution < 1.29 is 22.7 Å². The smallest absolute Gasteiger partial charge is 0.264 e. The zero-order valence-corrected chi connectivity index (χ0v) is 27.7. The molecule has 4 aromatic carbocycles. The second kappa shape index (κ2) is 16.8. The van der Waals surface area contributed by atoms with Crippen molar-refractivity contribution in [3.8, 4) is 5.75 Å². The Bertz CT molecular complexity index is 1670. The van der Waals surface area contributed by atoms with Crippen molar-refractivity contribution in [1.29, 1.82) is 0 Å². The Morgan fingerprint density at radius 1 is 0.848 bits per heavy atom. The largest absolute Gasteiger partial charge is 0.494 e. The third kappa shape index (κ3) is 9.34. The van der Waals surface area contributed by atoms with Gasteiger partial charge in [-0.1, -0.05) is 85.6 Å². The predicted octanol–water partition coefficient (Wildman–Crippen LogP) is 6.49. The first-order chi connectivity index (χ1) is 22.2. The molecule has 0 fully saturated rings. The van der Waals surface area contributed by atoms with Crippen LogP contribution < -0.4 is 14.4 Å². The molecule has 0 aliphatic heterocycles. The van der Waals surface area contributed by atoms with E-state index < -0.39 is 28.5 Å². The first kappa shape index (κ1) is 34.5. The van der Waals surface area contributed by atoms with Crippen LogP contribution in [0.2, 0.25) is 5.02 Å². The molecule has 0 aliphatic carbocycles. The van der Waals surface area contributed by atoms with Gasteiger partial charge in [-0.2, -0.15) is 0 Å². The maximum absolute atomic E-state index is 14.5. The number of amides is 2. The molecule has 10 heteroatoms. The highest BCUT2D eigenvalue weighted by molar-refractivity contribution is 7.92. The number of benzene rings is 4. The molecule has 1 N–H and O–H groups in total. The van der Waals surface area contributed by atoms with Crippen molar-refractivity contribution in [2.45, 2.75) is 50.6 Å². The van der Waals surface area contributed by atoms with E-state index in [9.17, 15) is 18.0 Å². The van der Waals surface area contributed by atoms with Crippen LogP contribution in [0.25, 0.3) is 0 Å². The van der Waals surface area contributed by atoms with Crippen LogP contribution in [0, 0.1) is 0 Å². The van der Waals surface area contributed by atoms with Crippen LogP contribution in [-0.2, 0) is 32.6 Å². The summed E-state index contributed by atoms with van der Waals surface area (Å²) >= 11 is 6.31. The molecule has 0 heterocycles. The quantitative estimate of drug-likeness (QED) is 0.139. The molecular weight excluding hydrogens is 622 g/mol. The number of sulfonamides is 1. The lowest BCUT2D eigenvalue weighted by Gasteiger charge is -2.34. The third-order valence-electron chi connectivity index (χ3n) is 7.39. The number of carbonyl (C=O) groups is 2. The Hall–Kier alpha value is -4.34.